The van der Waals surface area contributed by atoms with Crippen molar-refractivity contribution in [2.45, 2.75) is 23.4 Å². The van der Waals surface area contributed by atoms with Crippen LogP contribution < -0.4 is 0 Å². The van der Waals surface area contributed by atoms with Crippen LogP contribution in [0.15, 0.2) is 17.2 Å². The summed E-state index contributed by atoms with van der Waals surface area (Å²) in [6.07, 6.45) is -4.46. The summed E-state index contributed by atoms with van der Waals surface area (Å²) in [5, 5.41) is 15.5. The molecule has 84 valence electrons. The molecule has 0 saturated heterocycles. The van der Waals surface area contributed by atoms with E-state index in [0.717, 1.165) is 6.07 Å². The minimum Gasteiger partial charge on any atom is -0.395 e. The first-order valence-corrected chi connectivity index (χ1v) is 5.00. The molecule has 1 atom stereocenters. The van der Waals surface area contributed by atoms with Crippen LogP contribution in [0.3, 0.4) is 0 Å². The van der Waals surface area contributed by atoms with Gasteiger partial charge in [-0.05, 0) is 12.1 Å². The van der Waals surface area contributed by atoms with Crippen LogP contribution in [-0.4, -0.2) is 27.2 Å². The van der Waals surface area contributed by atoms with Crippen molar-refractivity contribution in [3.63, 3.8) is 0 Å². The van der Waals surface area contributed by atoms with Crippen molar-refractivity contribution in [3.8, 4) is 0 Å². The Labute approximate surface area is 88.7 Å². The van der Waals surface area contributed by atoms with Gasteiger partial charge in [-0.3, -0.25) is 0 Å². The van der Waals surface area contributed by atoms with Gasteiger partial charge in [-0.25, -0.2) is 0 Å². The summed E-state index contributed by atoms with van der Waals surface area (Å²) in [5.74, 6) is 0. The van der Waals surface area contributed by atoms with E-state index in [1.54, 1.807) is 6.92 Å². The number of halogens is 3. The van der Waals surface area contributed by atoms with Crippen molar-refractivity contribution in [1.29, 1.82) is 0 Å². The van der Waals surface area contributed by atoms with E-state index in [4.69, 9.17) is 5.11 Å². The van der Waals surface area contributed by atoms with Crippen molar-refractivity contribution in [1.82, 2.24) is 10.2 Å². The molecule has 0 aliphatic carbocycles. The number of nitrogens with zero attached hydrogens (tertiary/aromatic N) is 2. The zero-order chi connectivity index (χ0) is 11.5. The Morgan fingerprint density at radius 2 is 2.07 bits per heavy atom. The molecule has 15 heavy (non-hydrogen) atoms. The Morgan fingerprint density at radius 3 is 2.47 bits per heavy atom. The SMILES string of the molecule is CC(CO)Sc1ccc(C(F)(F)F)nn1. The van der Waals surface area contributed by atoms with E-state index in [2.05, 4.69) is 10.2 Å². The predicted molar refractivity (Wildman–Crippen MR) is 49.4 cm³/mol. The minimum atomic E-state index is -4.46. The highest BCUT2D eigenvalue weighted by Crippen LogP contribution is 2.28. The fourth-order valence-electron chi connectivity index (χ4n) is 0.777. The van der Waals surface area contributed by atoms with E-state index in [-0.39, 0.29) is 11.9 Å². The standard InChI is InChI=1S/C8H9F3N2OS/c1-5(4-14)15-7-3-2-6(12-13-7)8(9,10)11/h2-3,5,14H,4H2,1H3. The molecule has 3 nitrogen and oxygen atoms in total. The second-order valence-corrected chi connectivity index (χ2v) is 4.32. The molecule has 1 unspecified atom stereocenters. The van der Waals surface area contributed by atoms with Crippen molar-refractivity contribution in [3.05, 3.63) is 17.8 Å². The first-order chi connectivity index (χ1) is 6.93. The minimum absolute atomic E-state index is 0.0621. The van der Waals surface area contributed by atoms with Gasteiger partial charge in [0.15, 0.2) is 5.69 Å². The Hall–Kier alpha value is -0.820. The van der Waals surface area contributed by atoms with Gasteiger partial charge in [0.05, 0.1) is 6.61 Å². The molecule has 0 aliphatic heterocycles. The number of aromatic nitrogens is 2. The average molecular weight is 238 g/mol. The Balaban J connectivity index is 2.73. The number of hydrogen-bond acceptors (Lipinski definition) is 4. The molecular formula is C8H9F3N2OS. The van der Waals surface area contributed by atoms with Crippen LogP contribution in [0.2, 0.25) is 0 Å². The molecule has 7 heteroatoms. The third kappa shape index (κ3) is 3.67. The van der Waals surface area contributed by atoms with Gasteiger partial charge >= 0.3 is 6.18 Å². The number of alkyl halides is 3. The average Bonchev–Trinajstić information content (AvgIpc) is 2.17. The van der Waals surface area contributed by atoms with Gasteiger partial charge in [0.2, 0.25) is 0 Å². The first-order valence-electron chi connectivity index (χ1n) is 4.12. The number of hydrogen-bond donors (Lipinski definition) is 1. The largest absolute Gasteiger partial charge is 0.435 e. The molecule has 0 fully saturated rings. The van der Waals surface area contributed by atoms with Crippen molar-refractivity contribution >= 4 is 11.8 Å². The van der Waals surface area contributed by atoms with E-state index in [9.17, 15) is 13.2 Å². The lowest BCUT2D eigenvalue weighted by molar-refractivity contribution is -0.141. The van der Waals surface area contributed by atoms with Gasteiger partial charge in [-0.1, -0.05) is 18.7 Å². The van der Waals surface area contributed by atoms with E-state index in [1.807, 2.05) is 0 Å². The summed E-state index contributed by atoms with van der Waals surface area (Å²) >= 11 is 1.17. The molecule has 1 N–H and O–H groups in total. The van der Waals surface area contributed by atoms with Crippen LogP contribution in [0, 0.1) is 0 Å². The lowest BCUT2D eigenvalue weighted by atomic mass is 10.4. The molecule has 0 radical (unpaired) electrons. The van der Waals surface area contributed by atoms with Crippen LogP contribution in [0.4, 0.5) is 13.2 Å². The molecule has 0 aliphatic rings. The third-order valence-corrected chi connectivity index (χ3v) is 2.52. The van der Waals surface area contributed by atoms with E-state index >= 15 is 0 Å². The van der Waals surface area contributed by atoms with Crippen LogP contribution >= 0.6 is 11.8 Å². The van der Waals surface area contributed by atoms with E-state index in [1.165, 1.54) is 17.8 Å². The topological polar surface area (TPSA) is 46.0 Å². The van der Waals surface area contributed by atoms with Crippen LogP contribution in [0.25, 0.3) is 0 Å². The molecule has 1 rings (SSSR count). The van der Waals surface area contributed by atoms with Crippen molar-refractivity contribution in [2.24, 2.45) is 0 Å². The highest BCUT2D eigenvalue weighted by atomic mass is 32.2. The first kappa shape index (κ1) is 12.3. The molecule has 0 spiro atoms. The molecular weight excluding hydrogens is 229 g/mol. The predicted octanol–water partition coefficient (Wildman–Crippen LogP) is 1.97. The lowest BCUT2D eigenvalue weighted by Gasteiger charge is -2.07. The molecule has 1 aromatic heterocycles. The second kappa shape index (κ2) is 4.80. The third-order valence-electron chi connectivity index (χ3n) is 1.51. The van der Waals surface area contributed by atoms with Gasteiger partial charge in [0, 0.05) is 5.25 Å². The Bertz CT molecular complexity index is 315. The van der Waals surface area contributed by atoms with Crippen molar-refractivity contribution < 1.29 is 18.3 Å². The molecule has 1 heterocycles. The van der Waals surface area contributed by atoms with Gasteiger partial charge in [0.1, 0.15) is 5.03 Å². The fourth-order valence-corrected chi connectivity index (χ4v) is 1.50. The maximum atomic E-state index is 12.1. The maximum absolute atomic E-state index is 12.1. The zero-order valence-corrected chi connectivity index (χ0v) is 8.64. The summed E-state index contributed by atoms with van der Waals surface area (Å²) < 4.78 is 36.3. The lowest BCUT2D eigenvalue weighted by Crippen LogP contribution is -2.09. The maximum Gasteiger partial charge on any atom is 0.435 e. The zero-order valence-electron chi connectivity index (χ0n) is 7.82. The molecule has 0 aromatic carbocycles. The van der Waals surface area contributed by atoms with Gasteiger partial charge in [-0.2, -0.15) is 13.2 Å². The summed E-state index contributed by atoms with van der Waals surface area (Å²) in [7, 11) is 0. The number of aliphatic hydroxyl groups excluding tert-OH is 1. The highest BCUT2D eigenvalue weighted by molar-refractivity contribution is 7.99. The van der Waals surface area contributed by atoms with E-state index in [0.29, 0.717) is 5.03 Å². The summed E-state index contributed by atoms with van der Waals surface area (Å²) in [5.41, 5.74) is -1.01. The quantitative estimate of drug-likeness (QED) is 0.818. The van der Waals surface area contributed by atoms with Gasteiger partial charge in [-0.15, -0.1) is 10.2 Å². The Kier molecular flexibility index (Phi) is 3.92. The van der Waals surface area contributed by atoms with Gasteiger partial charge < -0.3 is 5.11 Å². The summed E-state index contributed by atoms with van der Waals surface area (Å²) in [4.78, 5) is 0. The van der Waals surface area contributed by atoms with Crippen LogP contribution in [-0.2, 0) is 6.18 Å². The number of thioether (sulfide) groups is 1. The molecule has 0 bridgehead atoms. The normalized spacial score (nSPS) is 13.9. The van der Waals surface area contributed by atoms with Gasteiger partial charge in [0.25, 0.3) is 0 Å². The number of aliphatic hydroxyl groups is 1. The highest BCUT2D eigenvalue weighted by Gasteiger charge is 2.32. The van der Waals surface area contributed by atoms with Crippen LogP contribution in [0.1, 0.15) is 12.6 Å². The molecule has 0 saturated carbocycles. The van der Waals surface area contributed by atoms with Crippen molar-refractivity contribution in [2.75, 3.05) is 6.61 Å². The van der Waals surface area contributed by atoms with E-state index < -0.39 is 11.9 Å². The smallest absolute Gasteiger partial charge is 0.395 e. The fraction of sp³-hybridized carbons (Fsp3) is 0.500. The second-order valence-electron chi connectivity index (χ2n) is 2.87. The number of rotatable bonds is 3. The molecule has 1 aromatic rings. The summed E-state index contributed by atoms with van der Waals surface area (Å²) in [6, 6.07) is 2.12. The molecule has 0 amide bonds. The monoisotopic (exact) mass is 238 g/mol. The Morgan fingerprint density at radius 1 is 1.40 bits per heavy atom. The summed E-state index contributed by atoms with van der Waals surface area (Å²) in [6.45, 7) is 1.68. The van der Waals surface area contributed by atoms with Crippen LogP contribution in [0.5, 0.6) is 0 Å².